The molecule has 4 rings (SSSR count). The van der Waals surface area contributed by atoms with Crippen LogP contribution in [0, 0.1) is 6.92 Å². The van der Waals surface area contributed by atoms with Crippen molar-refractivity contribution in [3.05, 3.63) is 106 Å². The highest BCUT2D eigenvalue weighted by Gasteiger charge is 2.11. The molecule has 0 spiro atoms. The first-order chi connectivity index (χ1) is 14.1. The molecule has 0 aliphatic rings. The molecule has 1 heterocycles. The number of aryl methyl sites for hydroxylation is 1. The average Bonchev–Trinajstić information content (AvgIpc) is 2.73. The molecule has 0 unspecified atom stereocenters. The van der Waals surface area contributed by atoms with E-state index in [-0.39, 0.29) is 11.5 Å². The van der Waals surface area contributed by atoms with Crippen LogP contribution >= 0.6 is 0 Å². The van der Waals surface area contributed by atoms with Crippen LogP contribution in [0.25, 0.3) is 28.2 Å². The van der Waals surface area contributed by atoms with Crippen molar-refractivity contribution in [2.24, 2.45) is 0 Å². The van der Waals surface area contributed by atoms with Gasteiger partial charge in [-0.25, -0.2) is 4.79 Å². The maximum absolute atomic E-state index is 12.4. The SMILES string of the molecule is Cc1cc(NC(=O)/C=C\c2ccccc2)ccc1-c1cc2ccccc2oc1=O. The van der Waals surface area contributed by atoms with Gasteiger partial charge in [0.15, 0.2) is 0 Å². The second kappa shape index (κ2) is 7.98. The quantitative estimate of drug-likeness (QED) is 0.379. The zero-order valence-corrected chi connectivity index (χ0v) is 15.9. The molecule has 1 aromatic heterocycles. The van der Waals surface area contributed by atoms with E-state index in [4.69, 9.17) is 4.42 Å². The lowest BCUT2D eigenvalue weighted by molar-refractivity contribution is -0.111. The molecule has 0 aliphatic heterocycles. The van der Waals surface area contributed by atoms with Crippen molar-refractivity contribution in [2.75, 3.05) is 5.32 Å². The summed E-state index contributed by atoms with van der Waals surface area (Å²) < 4.78 is 5.44. The van der Waals surface area contributed by atoms with Crippen LogP contribution in [0.2, 0.25) is 0 Å². The number of hydrogen-bond acceptors (Lipinski definition) is 3. The number of fused-ring (bicyclic) bond motifs is 1. The molecule has 0 fully saturated rings. The van der Waals surface area contributed by atoms with Crippen molar-refractivity contribution >= 4 is 28.6 Å². The van der Waals surface area contributed by atoms with Gasteiger partial charge in [-0.05, 0) is 54.0 Å². The number of benzene rings is 3. The Kier molecular flexibility index (Phi) is 5.08. The molecule has 1 N–H and O–H groups in total. The Morgan fingerprint density at radius 3 is 2.45 bits per heavy atom. The largest absolute Gasteiger partial charge is 0.422 e. The molecule has 142 valence electrons. The molecule has 1 amide bonds. The molecule has 0 saturated carbocycles. The highest BCUT2D eigenvalue weighted by atomic mass is 16.4. The van der Waals surface area contributed by atoms with Crippen molar-refractivity contribution < 1.29 is 9.21 Å². The number of anilines is 1. The Balaban J connectivity index is 1.57. The number of carbonyl (C=O) groups excluding carboxylic acids is 1. The van der Waals surface area contributed by atoms with Crippen molar-refractivity contribution in [1.29, 1.82) is 0 Å². The minimum absolute atomic E-state index is 0.216. The number of amides is 1. The highest BCUT2D eigenvalue weighted by Crippen LogP contribution is 2.26. The van der Waals surface area contributed by atoms with Crippen LogP contribution in [-0.2, 0) is 4.79 Å². The van der Waals surface area contributed by atoms with Crippen LogP contribution < -0.4 is 10.9 Å². The molecule has 0 saturated heterocycles. The zero-order chi connectivity index (χ0) is 20.2. The van der Waals surface area contributed by atoms with Gasteiger partial charge in [0.2, 0.25) is 5.91 Å². The molecule has 4 heteroatoms. The van der Waals surface area contributed by atoms with Crippen LogP contribution in [0.1, 0.15) is 11.1 Å². The van der Waals surface area contributed by atoms with Crippen molar-refractivity contribution in [3.8, 4) is 11.1 Å². The van der Waals surface area contributed by atoms with Gasteiger partial charge in [0, 0.05) is 17.1 Å². The summed E-state index contributed by atoms with van der Waals surface area (Å²) in [6.45, 7) is 1.90. The Bertz CT molecular complexity index is 1270. The minimum Gasteiger partial charge on any atom is -0.422 e. The van der Waals surface area contributed by atoms with E-state index in [1.54, 1.807) is 18.2 Å². The maximum atomic E-state index is 12.4. The molecule has 4 aromatic rings. The smallest absolute Gasteiger partial charge is 0.344 e. The predicted octanol–water partition coefficient (Wildman–Crippen LogP) is 5.42. The van der Waals surface area contributed by atoms with Crippen molar-refractivity contribution in [3.63, 3.8) is 0 Å². The van der Waals surface area contributed by atoms with Gasteiger partial charge in [0.1, 0.15) is 5.58 Å². The molecule has 29 heavy (non-hydrogen) atoms. The van der Waals surface area contributed by atoms with E-state index in [9.17, 15) is 9.59 Å². The zero-order valence-electron chi connectivity index (χ0n) is 15.9. The van der Waals surface area contributed by atoms with Gasteiger partial charge in [-0.3, -0.25) is 4.79 Å². The van der Waals surface area contributed by atoms with E-state index in [0.717, 1.165) is 22.1 Å². The van der Waals surface area contributed by atoms with E-state index in [0.29, 0.717) is 16.8 Å². The van der Waals surface area contributed by atoms with Gasteiger partial charge in [-0.15, -0.1) is 0 Å². The second-order valence-corrected chi connectivity index (χ2v) is 6.75. The molecule has 3 aromatic carbocycles. The van der Waals surface area contributed by atoms with Crippen LogP contribution in [0.15, 0.2) is 94.2 Å². The lowest BCUT2D eigenvalue weighted by Gasteiger charge is -2.09. The number of rotatable bonds is 4. The fourth-order valence-corrected chi connectivity index (χ4v) is 3.21. The van der Waals surface area contributed by atoms with E-state index in [1.807, 2.05) is 73.7 Å². The maximum Gasteiger partial charge on any atom is 0.344 e. The van der Waals surface area contributed by atoms with Gasteiger partial charge in [0.25, 0.3) is 0 Å². The fourth-order valence-electron chi connectivity index (χ4n) is 3.21. The van der Waals surface area contributed by atoms with Crippen LogP contribution in [0.3, 0.4) is 0 Å². The molecule has 0 atom stereocenters. The third kappa shape index (κ3) is 4.17. The molecule has 0 aliphatic carbocycles. The van der Waals surface area contributed by atoms with Crippen LogP contribution in [-0.4, -0.2) is 5.91 Å². The van der Waals surface area contributed by atoms with Gasteiger partial charge < -0.3 is 9.73 Å². The van der Waals surface area contributed by atoms with E-state index < -0.39 is 0 Å². The first-order valence-corrected chi connectivity index (χ1v) is 9.28. The van der Waals surface area contributed by atoms with Gasteiger partial charge in [-0.1, -0.05) is 54.6 Å². The van der Waals surface area contributed by atoms with Gasteiger partial charge in [-0.2, -0.15) is 0 Å². The first kappa shape index (κ1) is 18.4. The summed E-state index contributed by atoms with van der Waals surface area (Å²) in [5.74, 6) is -0.216. The Hall–Kier alpha value is -3.92. The number of hydrogen-bond donors (Lipinski definition) is 1. The number of nitrogens with one attached hydrogen (secondary N) is 1. The Labute approximate surface area is 168 Å². The summed E-state index contributed by atoms with van der Waals surface area (Å²) in [5.41, 5.74) is 3.96. The van der Waals surface area contributed by atoms with Gasteiger partial charge >= 0.3 is 5.63 Å². The van der Waals surface area contributed by atoms with Gasteiger partial charge in [0.05, 0.1) is 5.56 Å². The number of carbonyl (C=O) groups is 1. The summed E-state index contributed by atoms with van der Waals surface area (Å²) in [5, 5.41) is 3.71. The highest BCUT2D eigenvalue weighted by molar-refractivity contribution is 6.02. The normalized spacial score (nSPS) is 11.1. The minimum atomic E-state index is -0.380. The molecule has 4 nitrogen and oxygen atoms in total. The Morgan fingerprint density at radius 1 is 0.897 bits per heavy atom. The standard InChI is InChI=1S/C25H19NO3/c1-17-15-20(26-24(27)14-11-18-7-3-2-4-8-18)12-13-21(17)22-16-19-9-5-6-10-23(19)29-25(22)28/h2-16H,1H3,(H,26,27)/b14-11-. The van der Waals surface area contributed by atoms with Crippen molar-refractivity contribution in [1.82, 2.24) is 0 Å². The number of para-hydroxylation sites is 1. The third-order valence-corrected chi connectivity index (χ3v) is 4.65. The van der Waals surface area contributed by atoms with Crippen LogP contribution in [0.5, 0.6) is 0 Å². The van der Waals surface area contributed by atoms with E-state index in [1.165, 1.54) is 6.08 Å². The molecule has 0 bridgehead atoms. The predicted molar refractivity (Wildman–Crippen MR) is 117 cm³/mol. The summed E-state index contributed by atoms with van der Waals surface area (Å²) in [7, 11) is 0. The van der Waals surface area contributed by atoms with Crippen LogP contribution in [0.4, 0.5) is 5.69 Å². The van der Waals surface area contributed by atoms with Crippen molar-refractivity contribution in [2.45, 2.75) is 6.92 Å². The van der Waals surface area contributed by atoms with E-state index in [2.05, 4.69) is 5.32 Å². The average molecular weight is 381 g/mol. The summed E-state index contributed by atoms with van der Waals surface area (Å²) in [4.78, 5) is 24.6. The van der Waals surface area contributed by atoms with E-state index >= 15 is 0 Å². The third-order valence-electron chi connectivity index (χ3n) is 4.65. The fraction of sp³-hybridized carbons (Fsp3) is 0.0400. The lowest BCUT2D eigenvalue weighted by atomic mass is 10.0. The topological polar surface area (TPSA) is 59.3 Å². The first-order valence-electron chi connectivity index (χ1n) is 9.28. The monoisotopic (exact) mass is 381 g/mol. The second-order valence-electron chi connectivity index (χ2n) is 6.75. The summed E-state index contributed by atoms with van der Waals surface area (Å²) in [6.07, 6.45) is 3.26. The summed E-state index contributed by atoms with van der Waals surface area (Å²) >= 11 is 0. The molecular weight excluding hydrogens is 362 g/mol. The molecule has 0 radical (unpaired) electrons. The summed E-state index contributed by atoms with van der Waals surface area (Å²) in [6, 6.07) is 24.3. The Morgan fingerprint density at radius 2 is 1.66 bits per heavy atom. The molecular formula is C25H19NO3. The lowest BCUT2D eigenvalue weighted by Crippen LogP contribution is -2.08.